The second-order valence-electron chi connectivity index (χ2n) is 6.41. The van der Waals surface area contributed by atoms with Gasteiger partial charge in [-0.1, -0.05) is 6.07 Å². The van der Waals surface area contributed by atoms with Crippen LogP contribution in [0.5, 0.6) is 0 Å². The minimum Gasteiger partial charge on any atom is -0.467 e. The molecule has 2 amide bonds. The number of benzene rings is 1. The summed E-state index contributed by atoms with van der Waals surface area (Å²) >= 11 is 0. The molecule has 0 bridgehead atoms. The minimum absolute atomic E-state index is 0.0188. The van der Waals surface area contributed by atoms with Gasteiger partial charge >= 0.3 is 0 Å². The van der Waals surface area contributed by atoms with E-state index in [4.69, 9.17) is 4.42 Å². The van der Waals surface area contributed by atoms with Crippen LogP contribution < -0.4 is 10.6 Å². The van der Waals surface area contributed by atoms with Crippen LogP contribution in [0, 0.1) is 11.7 Å². The second kappa shape index (κ2) is 8.62. The number of anilines is 1. The lowest BCUT2D eigenvalue weighted by Crippen LogP contribution is -2.43. The van der Waals surface area contributed by atoms with Gasteiger partial charge in [-0.2, -0.15) is 0 Å². The van der Waals surface area contributed by atoms with Gasteiger partial charge in [-0.3, -0.25) is 14.5 Å². The highest BCUT2D eigenvalue weighted by atomic mass is 19.1. The molecule has 1 aromatic heterocycles. The molecular formula is C19H22FN3O3. The van der Waals surface area contributed by atoms with E-state index in [9.17, 15) is 14.0 Å². The number of hydrogen-bond donors (Lipinski definition) is 2. The molecule has 0 unspecified atom stereocenters. The predicted octanol–water partition coefficient (Wildman–Crippen LogP) is 2.39. The summed E-state index contributed by atoms with van der Waals surface area (Å²) in [4.78, 5) is 26.3. The van der Waals surface area contributed by atoms with Crippen molar-refractivity contribution in [3.63, 3.8) is 0 Å². The van der Waals surface area contributed by atoms with E-state index in [1.165, 1.54) is 12.1 Å². The molecule has 6 nitrogen and oxygen atoms in total. The lowest BCUT2D eigenvalue weighted by Gasteiger charge is -2.30. The van der Waals surface area contributed by atoms with Gasteiger partial charge in [0.2, 0.25) is 11.8 Å². The van der Waals surface area contributed by atoms with Crippen LogP contribution in [0.2, 0.25) is 0 Å². The highest BCUT2D eigenvalue weighted by Crippen LogP contribution is 2.18. The summed E-state index contributed by atoms with van der Waals surface area (Å²) in [6.07, 6.45) is 2.99. The number of rotatable bonds is 6. The summed E-state index contributed by atoms with van der Waals surface area (Å²) in [7, 11) is 0. The average molecular weight is 359 g/mol. The van der Waals surface area contributed by atoms with E-state index in [1.807, 2.05) is 11.0 Å². The molecule has 1 aliphatic heterocycles. The third-order valence-electron chi connectivity index (χ3n) is 4.45. The first kappa shape index (κ1) is 18.1. The summed E-state index contributed by atoms with van der Waals surface area (Å²) in [5, 5.41) is 5.57. The van der Waals surface area contributed by atoms with Crippen molar-refractivity contribution in [1.82, 2.24) is 10.2 Å². The topological polar surface area (TPSA) is 74.6 Å². The number of furan rings is 1. The van der Waals surface area contributed by atoms with Crippen molar-refractivity contribution < 1.29 is 18.4 Å². The summed E-state index contributed by atoms with van der Waals surface area (Å²) in [5.74, 6) is 0.128. The fourth-order valence-corrected chi connectivity index (χ4v) is 3.05. The number of carbonyl (C=O) groups excluding carboxylic acids is 2. The van der Waals surface area contributed by atoms with Crippen molar-refractivity contribution in [1.29, 1.82) is 0 Å². The summed E-state index contributed by atoms with van der Waals surface area (Å²) in [6, 6.07) is 9.42. The third-order valence-corrected chi connectivity index (χ3v) is 4.45. The number of nitrogens with zero attached hydrogens (tertiary/aromatic N) is 1. The molecule has 0 aliphatic carbocycles. The maximum atomic E-state index is 13.1. The number of hydrogen-bond acceptors (Lipinski definition) is 4. The Hall–Kier alpha value is -2.67. The summed E-state index contributed by atoms with van der Waals surface area (Å²) < 4.78 is 18.3. The molecule has 0 atom stereocenters. The molecule has 3 rings (SSSR count). The van der Waals surface area contributed by atoms with Crippen molar-refractivity contribution in [2.24, 2.45) is 5.92 Å². The Labute approximate surface area is 151 Å². The molecule has 0 radical (unpaired) electrons. The normalized spacial score (nSPS) is 15.6. The van der Waals surface area contributed by atoms with Crippen LogP contribution in [0.1, 0.15) is 18.6 Å². The number of likely N-dealkylation sites (tertiary alicyclic amines) is 1. The molecule has 138 valence electrons. The quantitative estimate of drug-likeness (QED) is 0.830. The SMILES string of the molecule is O=C(CN1CCC(C(=O)NCc2ccco2)CC1)Nc1cccc(F)c1. The van der Waals surface area contributed by atoms with Crippen LogP contribution in [0.15, 0.2) is 47.1 Å². The van der Waals surface area contributed by atoms with Gasteiger partial charge in [0, 0.05) is 11.6 Å². The zero-order valence-corrected chi connectivity index (χ0v) is 14.4. The highest BCUT2D eigenvalue weighted by molar-refractivity contribution is 5.92. The number of nitrogens with one attached hydrogen (secondary N) is 2. The average Bonchev–Trinajstić information content (AvgIpc) is 3.14. The molecule has 0 saturated carbocycles. The second-order valence-corrected chi connectivity index (χ2v) is 6.41. The van der Waals surface area contributed by atoms with Gasteiger partial charge < -0.3 is 15.1 Å². The molecule has 1 aromatic carbocycles. The van der Waals surface area contributed by atoms with E-state index in [0.29, 0.717) is 38.2 Å². The smallest absolute Gasteiger partial charge is 0.238 e. The fraction of sp³-hybridized carbons (Fsp3) is 0.368. The highest BCUT2D eigenvalue weighted by Gasteiger charge is 2.25. The van der Waals surface area contributed by atoms with Crippen LogP contribution in [-0.4, -0.2) is 36.3 Å². The van der Waals surface area contributed by atoms with E-state index in [1.54, 1.807) is 24.5 Å². The van der Waals surface area contributed by atoms with Crippen LogP contribution in [0.25, 0.3) is 0 Å². The number of piperidine rings is 1. The van der Waals surface area contributed by atoms with E-state index >= 15 is 0 Å². The van der Waals surface area contributed by atoms with E-state index < -0.39 is 0 Å². The van der Waals surface area contributed by atoms with Crippen molar-refractivity contribution in [2.45, 2.75) is 19.4 Å². The zero-order chi connectivity index (χ0) is 18.4. The van der Waals surface area contributed by atoms with Gasteiger partial charge in [0.05, 0.1) is 19.4 Å². The lowest BCUT2D eigenvalue weighted by molar-refractivity contribution is -0.126. The van der Waals surface area contributed by atoms with Gasteiger partial charge in [0.1, 0.15) is 11.6 Å². The Bertz CT molecular complexity index is 740. The summed E-state index contributed by atoms with van der Waals surface area (Å²) in [6.45, 7) is 1.98. The summed E-state index contributed by atoms with van der Waals surface area (Å²) in [5.41, 5.74) is 0.446. The molecule has 1 saturated heterocycles. The number of amides is 2. The number of carbonyl (C=O) groups is 2. The van der Waals surface area contributed by atoms with E-state index in [-0.39, 0.29) is 30.1 Å². The Morgan fingerprint density at radius 1 is 1.19 bits per heavy atom. The van der Waals surface area contributed by atoms with E-state index in [2.05, 4.69) is 10.6 Å². The largest absolute Gasteiger partial charge is 0.467 e. The number of halogens is 1. The maximum Gasteiger partial charge on any atom is 0.238 e. The van der Waals surface area contributed by atoms with Gasteiger partial charge in [-0.05, 0) is 56.3 Å². The predicted molar refractivity (Wildman–Crippen MR) is 94.7 cm³/mol. The first-order valence-corrected chi connectivity index (χ1v) is 8.68. The Kier molecular flexibility index (Phi) is 6.01. The Morgan fingerprint density at radius 3 is 2.69 bits per heavy atom. The minimum atomic E-state index is -0.385. The van der Waals surface area contributed by atoms with Crippen LogP contribution in [-0.2, 0) is 16.1 Å². The molecule has 26 heavy (non-hydrogen) atoms. The molecule has 1 aliphatic rings. The van der Waals surface area contributed by atoms with Gasteiger partial charge in [-0.15, -0.1) is 0 Å². The van der Waals surface area contributed by atoms with Crippen LogP contribution >= 0.6 is 0 Å². The van der Waals surface area contributed by atoms with Gasteiger partial charge in [0.25, 0.3) is 0 Å². The monoisotopic (exact) mass is 359 g/mol. The maximum absolute atomic E-state index is 13.1. The third kappa shape index (κ3) is 5.16. The van der Waals surface area contributed by atoms with Gasteiger partial charge in [0.15, 0.2) is 0 Å². The standard InChI is InChI=1S/C19H22FN3O3/c20-15-3-1-4-16(11-15)22-18(24)13-23-8-6-14(7-9-23)19(25)21-12-17-5-2-10-26-17/h1-5,10-11,14H,6-9,12-13H2,(H,21,25)(H,22,24). The first-order valence-electron chi connectivity index (χ1n) is 8.68. The first-order chi connectivity index (χ1) is 12.6. The van der Waals surface area contributed by atoms with Crippen molar-refractivity contribution in [3.05, 3.63) is 54.2 Å². The molecule has 1 fully saturated rings. The Balaban J connectivity index is 1.39. The molecule has 2 N–H and O–H groups in total. The van der Waals surface area contributed by atoms with Crippen molar-refractivity contribution in [3.8, 4) is 0 Å². The molecular weight excluding hydrogens is 337 g/mol. The van der Waals surface area contributed by atoms with Crippen molar-refractivity contribution in [2.75, 3.05) is 25.0 Å². The van der Waals surface area contributed by atoms with E-state index in [0.717, 1.165) is 5.76 Å². The van der Waals surface area contributed by atoms with Crippen molar-refractivity contribution >= 4 is 17.5 Å². The molecule has 7 heteroatoms. The molecule has 0 spiro atoms. The lowest BCUT2D eigenvalue weighted by atomic mass is 9.96. The van der Waals surface area contributed by atoms with Crippen LogP contribution in [0.4, 0.5) is 10.1 Å². The molecule has 2 aromatic rings. The van der Waals surface area contributed by atoms with Gasteiger partial charge in [-0.25, -0.2) is 4.39 Å². The molecule has 2 heterocycles. The fourth-order valence-electron chi connectivity index (χ4n) is 3.05. The van der Waals surface area contributed by atoms with Crippen LogP contribution in [0.3, 0.4) is 0 Å². The Morgan fingerprint density at radius 2 is 2.00 bits per heavy atom. The zero-order valence-electron chi connectivity index (χ0n) is 14.4.